The lowest BCUT2D eigenvalue weighted by Gasteiger charge is -2.34. The molecule has 4 rings (SSSR count). The van der Waals surface area contributed by atoms with E-state index in [-0.39, 0.29) is 18.4 Å². The van der Waals surface area contributed by atoms with Crippen LogP contribution in [0.25, 0.3) is 22.9 Å². The van der Waals surface area contributed by atoms with Crippen LogP contribution in [0.15, 0.2) is 60.8 Å². The highest BCUT2D eigenvalue weighted by Crippen LogP contribution is 2.28. The Morgan fingerprint density at radius 3 is 2.69 bits per heavy atom. The summed E-state index contributed by atoms with van der Waals surface area (Å²) in [4.78, 5) is 25.7. The monoisotopic (exact) mass is 389 g/mol. The van der Waals surface area contributed by atoms with Crippen molar-refractivity contribution < 1.29 is 14.7 Å². The van der Waals surface area contributed by atoms with Gasteiger partial charge in [0.05, 0.1) is 11.9 Å². The lowest BCUT2D eigenvalue weighted by atomic mass is 9.99. The van der Waals surface area contributed by atoms with Crippen molar-refractivity contribution in [3.8, 4) is 11.3 Å². The van der Waals surface area contributed by atoms with E-state index in [2.05, 4.69) is 0 Å². The lowest BCUT2D eigenvalue weighted by molar-refractivity contribution is -0.140. The van der Waals surface area contributed by atoms with Crippen LogP contribution in [0.1, 0.15) is 31.2 Å². The predicted octanol–water partition coefficient (Wildman–Crippen LogP) is 3.87. The van der Waals surface area contributed by atoms with Gasteiger partial charge in [0.15, 0.2) is 0 Å². The Labute approximate surface area is 169 Å². The van der Waals surface area contributed by atoms with E-state index in [0.29, 0.717) is 6.54 Å². The van der Waals surface area contributed by atoms with Gasteiger partial charge in [-0.1, -0.05) is 36.4 Å². The molecule has 29 heavy (non-hydrogen) atoms. The molecule has 0 unspecified atom stereocenters. The zero-order valence-corrected chi connectivity index (χ0v) is 16.1. The fourth-order valence-corrected chi connectivity index (χ4v) is 3.95. The molecule has 0 aliphatic carbocycles. The maximum absolute atomic E-state index is 12.9. The number of likely N-dealkylation sites (tertiary alicyclic amines) is 1. The molecule has 148 valence electrons. The molecule has 0 radical (unpaired) electrons. The number of carboxylic acids is 1. The second-order valence-corrected chi connectivity index (χ2v) is 7.27. The van der Waals surface area contributed by atoms with Gasteiger partial charge in [0.2, 0.25) is 5.91 Å². The third-order valence-corrected chi connectivity index (χ3v) is 5.34. The first-order valence-corrected chi connectivity index (χ1v) is 9.87. The molecule has 1 aliphatic rings. The summed E-state index contributed by atoms with van der Waals surface area (Å²) in [7, 11) is 0. The number of nitrogens with zero attached hydrogens (tertiary/aromatic N) is 3. The third kappa shape index (κ3) is 4.06. The number of aromatic nitrogens is 2. The van der Waals surface area contributed by atoms with E-state index in [1.54, 1.807) is 21.6 Å². The summed E-state index contributed by atoms with van der Waals surface area (Å²) >= 11 is 0. The average molecular weight is 389 g/mol. The molecule has 3 aromatic rings. The van der Waals surface area contributed by atoms with E-state index < -0.39 is 5.97 Å². The standard InChI is InChI=1S/C23H23N3O3/c27-21(25-14-6-4-10-18(25)16-22(28)29)13-12-19-20-11-5-7-15-26(20)24-23(19)17-8-2-1-3-9-17/h1-3,5,7-9,11-13,15,18H,4,6,10,14,16H2,(H,28,29)/b13-12+/t18-/m1/s1. The van der Waals surface area contributed by atoms with Crippen molar-refractivity contribution in [1.82, 2.24) is 14.5 Å². The topological polar surface area (TPSA) is 74.9 Å². The van der Waals surface area contributed by atoms with Gasteiger partial charge in [-0.2, -0.15) is 5.10 Å². The maximum Gasteiger partial charge on any atom is 0.305 e. The number of carboxylic acid groups (broad SMARTS) is 1. The number of hydrogen-bond acceptors (Lipinski definition) is 3. The molecule has 1 aromatic carbocycles. The number of pyridine rings is 1. The molecule has 0 saturated carbocycles. The Balaban J connectivity index is 1.67. The Bertz CT molecular complexity index is 1060. The molecule has 2 aromatic heterocycles. The van der Waals surface area contributed by atoms with Crippen LogP contribution in [0, 0.1) is 0 Å². The summed E-state index contributed by atoms with van der Waals surface area (Å²) < 4.78 is 1.81. The average Bonchev–Trinajstić information content (AvgIpc) is 3.11. The fourth-order valence-electron chi connectivity index (χ4n) is 3.95. The van der Waals surface area contributed by atoms with Gasteiger partial charge in [-0.3, -0.25) is 9.59 Å². The number of piperidine rings is 1. The number of amides is 1. The molecule has 1 aliphatic heterocycles. The summed E-state index contributed by atoms with van der Waals surface area (Å²) in [5.74, 6) is -1.02. The lowest BCUT2D eigenvalue weighted by Crippen LogP contribution is -2.44. The Morgan fingerprint density at radius 1 is 1.10 bits per heavy atom. The summed E-state index contributed by atoms with van der Waals surface area (Å²) in [6.07, 6.45) is 7.83. The van der Waals surface area contributed by atoms with Crippen molar-refractivity contribution in [2.45, 2.75) is 31.7 Å². The molecule has 6 heteroatoms. The van der Waals surface area contributed by atoms with Gasteiger partial charge in [-0.15, -0.1) is 0 Å². The van der Waals surface area contributed by atoms with Gasteiger partial charge in [-0.05, 0) is 37.5 Å². The third-order valence-electron chi connectivity index (χ3n) is 5.34. The Kier molecular flexibility index (Phi) is 5.42. The van der Waals surface area contributed by atoms with Crippen LogP contribution in [0.5, 0.6) is 0 Å². The zero-order chi connectivity index (χ0) is 20.2. The molecule has 0 bridgehead atoms. The molecule has 3 heterocycles. The van der Waals surface area contributed by atoms with E-state index in [0.717, 1.165) is 41.6 Å². The molecular formula is C23H23N3O3. The van der Waals surface area contributed by atoms with Gasteiger partial charge < -0.3 is 10.0 Å². The number of aliphatic carboxylic acids is 1. The zero-order valence-electron chi connectivity index (χ0n) is 16.1. The number of carbonyl (C=O) groups excluding carboxylic acids is 1. The minimum absolute atomic E-state index is 0.00837. The molecule has 1 N–H and O–H groups in total. The normalized spacial score (nSPS) is 17.1. The first kappa shape index (κ1) is 18.9. The second kappa shape index (κ2) is 8.31. The highest BCUT2D eigenvalue weighted by molar-refractivity contribution is 5.95. The number of rotatable bonds is 5. The first-order chi connectivity index (χ1) is 14.1. The quantitative estimate of drug-likeness (QED) is 0.672. The summed E-state index contributed by atoms with van der Waals surface area (Å²) in [6.45, 7) is 0.599. The van der Waals surface area contributed by atoms with Crippen molar-refractivity contribution in [3.63, 3.8) is 0 Å². The van der Waals surface area contributed by atoms with Crippen LogP contribution in [0.4, 0.5) is 0 Å². The molecule has 1 fully saturated rings. The highest BCUT2D eigenvalue weighted by atomic mass is 16.4. The summed E-state index contributed by atoms with van der Waals surface area (Å²) in [6, 6.07) is 15.5. The van der Waals surface area contributed by atoms with Crippen LogP contribution in [0.3, 0.4) is 0 Å². The van der Waals surface area contributed by atoms with Crippen molar-refractivity contribution in [1.29, 1.82) is 0 Å². The SMILES string of the molecule is O=C(O)C[C@H]1CCCCN1C(=O)/C=C/c1c(-c2ccccc2)nn2ccccc12. The van der Waals surface area contributed by atoms with E-state index >= 15 is 0 Å². The predicted molar refractivity (Wildman–Crippen MR) is 111 cm³/mol. The first-order valence-electron chi connectivity index (χ1n) is 9.87. The number of fused-ring (bicyclic) bond motifs is 1. The van der Waals surface area contributed by atoms with E-state index in [4.69, 9.17) is 10.2 Å². The van der Waals surface area contributed by atoms with Crippen molar-refractivity contribution >= 4 is 23.5 Å². The van der Waals surface area contributed by atoms with E-state index in [1.165, 1.54) is 0 Å². The summed E-state index contributed by atoms with van der Waals surface area (Å²) in [5.41, 5.74) is 3.57. The smallest absolute Gasteiger partial charge is 0.305 e. The maximum atomic E-state index is 12.9. The van der Waals surface area contributed by atoms with Crippen LogP contribution in [-0.4, -0.2) is 44.1 Å². The fraction of sp³-hybridized carbons (Fsp3) is 0.261. The van der Waals surface area contributed by atoms with E-state index in [9.17, 15) is 9.59 Å². The van der Waals surface area contributed by atoms with E-state index in [1.807, 2.05) is 54.7 Å². The molecule has 6 nitrogen and oxygen atoms in total. The van der Waals surface area contributed by atoms with Gasteiger partial charge in [0.1, 0.15) is 5.69 Å². The van der Waals surface area contributed by atoms with Crippen LogP contribution in [0.2, 0.25) is 0 Å². The number of hydrogen-bond donors (Lipinski definition) is 1. The van der Waals surface area contributed by atoms with Gasteiger partial charge in [-0.25, -0.2) is 4.52 Å². The highest BCUT2D eigenvalue weighted by Gasteiger charge is 2.27. The van der Waals surface area contributed by atoms with Crippen molar-refractivity contribution in [2.24, 2.45) is 0 Å². The minimum Gasteiger partial charge on any atom is -0.481 e. The Hall–Kier alpha value is -3.41. The molecule has 1 saturated heterocycles. The number of carbonyl (C=O) groups is 2. The van der Waals surface area contributed by atoms with Gasteiger partial charge in [0, 0.05) is 36.0 Å². The van der Waals surface area contributed by atoms with Crippen molar-refractivity contribution in [2.75, 3.05) is 6.54 Å². The van der Waals surface area contributed by atoms with Crippen LogP contribution < -0.4 is 0 Å². The molecule has 0 spiro atoms. The van der Waals surface area contributed by atoms with Crippen molar-refractivity contribution in [3.05, 3.63) is 66.4 Å². The second-order valence-electron chi connectivity index (χ2n) is 7.27. The molecular weight excluding hydrogens is 366 g/mol. The Morgan fingerprint density at radius 2 is 1.90 bits per heavy atom. The largest absolute Gasteiger partial charge is 0.481 e. The number of benzene rings is 1. The van der Waals surface area contributed by atoms with Gasteiger partial charge >= 0.3 is 5.97 Å². The minimum atomic E-state index is -0.868. The van der Waals surface area contributed by atoms with Crippen LogP contribution >= 0.6 is 0 Å². The van der Waals surface area contributed by atoms with Gasteiger partial charge in [0.25, 0.3) is 0 Å². The molecule has 1 atom stereocenters. The van der Waals surface area contributed by atoms with Crippen LogP contribution in [-0.2, 0) is 9.59 Å². The summed E-state index contributed by atoms with van der Waals surface area (Å²) in [5, 5.41) is 13.8. The molecule has 1 amide bonds.